The Balaban J connectivity index is 1.51. The molecule has 3 aromatic rings. The molecule has 0 aliphatic heterocycles. The summed E-state index contributed by atoms with van der Waals surface area (Å²) in [4.78, 5) is 20.0. The van der Waals surface area contributed by atoms with Gasteiger partial charge in [0.2, 0.25) is 0 Å². The molecule has 1 heterocycles. The van der Waals surface area contributed by atoms with E-state index in [0.717, 1.165) is 11.4 Å². The molecular weight excluding hydrogens is 354 g/mol. The first-order valence-electron chi connectivity index (χ1n) is 7.83. The lowest BCUT2D eigenvalue weighted by atomic mass is 10.3. The first kappa shape index (κ1) is 17.7. The maximum Gasteiger partial charge on any atom is 0.349 e. The Kier molecular flexibility index (Phi) is 5.66. The monoisotopic (exact) mass is 369 g/mol. The van der Waals surface area contributed by atoms with E-state index in [-0.39, 0.29) is 6.61 Å². The van der Waals surface area contributed by atoms with Gasteiger partial charge in [0.15, 0.2) is 6.61 Å². The van der Waals surface area contributed by atoms with Crippen molar-refractivity contribution < 1.29 is 14.3 Å². The summed E-state index contributed by atoms with van der Waals surface area (Å²) < 4.78 is 10.6. The molecule has 7 heteroatoms. The third-order valence-electron chi connectivity index (χ3n) is 3.33. The zero-order valence-corrected chi connectivity index (χ0v) is 14.7. The van der Waals surface area contributed by atoms with Crippen molar-refractivity contribution in [1.29, 1.82) is 0 Å². The molecule has 0 aliphatic rings. The van der Waals surface area contributed by atoms with Crippen molar-refractivity contribution in [3.05, 3.63) is 71.6 Å². The first-order chi connectivity index (χ1) is 12.6. The number of hydrogen-bond donors (Lipinski definition) is 1. The van der Waals surface area contributed by atoms with Crippen molar-refractivity contribution in [3.8, 4) is 11.5 Å². The normalized spacial score (nSPS) is 10.2. The van der Waals surface area contributed by atoms with E-state index in [1.807, 2.05) is 13.0 Å². The van der Waals surface area contributed by atoms with Crippen LogP contribution in [-0.2, 0) is 4.79 Å². The van der Waals surface area contributed by atoms with Gasteiger partial charge in [-0.2, -0.15) is 0 Å². The number of nitrogens with zero attached hydrogens (tertiary/aromatic N) is 2. The van der Waals surface area contributed by atoms with Crippen LogP contribution in [0, 0.1) is 6.92 Å². The molecule has 0 radical (unpaired) electrons. The Labute approximate surface area is 155 Å². The van der Waals surface area contributed by atoms with Gasteiger partial charge in [-0.05, 0) is 55.5 Å². The average molecular weight is 370 g/mol. The largest absolute Gasteiger partial charge is 0.482 e. The topological polar surface area (TPSA) is 73.3 Å². The van der Waals surface area contributed by atoms with E-state index in [1.165, 1.54) is 6.33 Å². The maximum atomic E-state index is 11.9. The second-order valence-corrected chi connectivity index (χ2v) is 5.85. The van der Waals surface area contributed by atoms with Gasteiger partial charge in [-0.15, -0.1) is 0 Å². The summed E-state index contributed by atoms with van der Waals surface area (Å²) in [5.74, 6) is 1.18. The van der Waals surface area contributed by atoms with E-state index in [1.54, 1.807) is 48.5 Å². The van der Waals surface area contributed by atoms with Gasteiger partial charge in [-0.1, -0.05) is 11.6 Å². The average Bonchev–Trinajstić information content (AvgIpc) is 2.63. The molecule has 1 aromatic heterocycles. The van der Waals surface area contributed by atoms with Crippen LogP contribution in [0.25, 0.3) is 0 Å². The molecule has 0 atom stereocenters. The number of aromatic nitrogens is 2. The van der Waals surface area contributed by atoms with E-state index in [9.17, 15) is 4.79 Å². The highest BCUT2D eigenvalue weighted by Gasteiger charge is 2.07. The van der Waals surface area contributed by atoms with Crippen molar-refractivity contribution in [2.75, 3.05) is 11.9 Å². The SMILES string of the molecule is Cc1cc(Nc2ccc(OC(=O)COc3ccc(Cl)cc3)cc2)ncn1. The number of halogens is 1. The van der Waals surface area contributed by atoms with Crippen LogP contribution in [0.1, 0.15) is 5.69 Å². The van der Waals surface area contributed by atoms with E-state index in [4.69, 9.17) is 21.1 Å². The van der Waals surface area contributed by atoms with Crippen molar-refractivity contribution in [2.24, 2.45) is 0 Å². The van der Waals surface area contributed by atoms with Crippen molar-refractivity contribution in [2.45, 2.75) is 6.92 Å². The van der Waals surface area contributed by atoms with Gasteiger partial charge in [0.05, 0.1) is 0 Å². The second kappa shape index (κ2) is 8.31. The lowest BCUT2D eigenvalue weighted by Gasteiger charge is -2.09. The fraction of sp³-hybridized carbons (Fsp3) is 0.105. The predicted molar refractivity (Wildman–Crippen MR) is 99.1 cm³/mol. The first-order valence-corrected chi connectivity index (χ1v) is 8.21. The Bertz CT molecular complexity index is 883. The number of esters is 1. The maximum absolute atomic E-state index is 11.9. The van der Waals surface area contributed by atoms with Gasteiger partial charge in [0.25, 0.3) is 0 Å². The minimum absolute atomic E-state index is 0.193. The van der Waals surface area contributed by atoms with E-state index in [0.29, 0.717) is 22.3 Å². The molecule has 0 spiro atoms. The van der Waals surface area contributed by atoms with Crippen molar-refractivity contribution >= 4 is 29.1 Å². The quantitative estimate of drug-likeness (QED) is 0.519. The molecule has 0 bridgehead atoms. The van der Waals surface area contributed by atoms with Crippen molar-refractivity contribution in [1.82, 2.24) is 9.97 Å². The lowest BCUT2D eigenvalue weighted by molar-refractivity contribution is -0.136. The number of carbonyl (C=O) groups is 1. The van der Waals surface area contributed by atoms with E-state index in [2.05, 4.69) is 15.3 Å². The molecule has 0 amide bonds. The highest BCUT2D eigenvalue weighted by atomic mass is 35.5. The smallest absolute Gasteiger partial charge is 0.349 e. The number of benzene rings is 2. The van der Waals surface area contributed by atoms with Gasteiger partial charge in [-0.25, -0.2) is 14.8 Å². The van der Waals surface area contributed by atoms with Crippen molar-refractivity contribution in [3.63, 3.8) is 0 Å². The van der Waals surface area contributed by atoms with Crippen LogP contribution in [0.4, 0.5) is 11.5 Å². The summed E-state index contributed by atoms with van der Waals surface area (Å²) in [6, 6.07) is 15.5. The Hall–Kier alpha value is -3.12. The Morgan fingerprint density at radius 1 is 1.04 bits per heavy atom. The number of ether oxygens (including phenoxy) is 2. The van der Waals surface area contributed by atoms with Crippen LogP contribution < -0.4 is 14.8 Å². The lowest BCUT2D eigenvalue weighted by Crippen LogP contribution is -2.17. The molecule has 2 aromatic carbocycles. The summed E-state index contributed by atoms with van der Waals surface area (Å²) in [6.07, 6.45) is 1.49. The number of aryl methyl sites for hydroxylation is 1. The number of nitrogens with one attached hydrogen (secondary N) is 1. The van der Waals surface area contributed by atoms with Gasteiger partial charge in [0, 0.05) is 22.5 Å². The fourth-order valence-electron chi connectivity index (χ4n) is 2.11. The van der Waals surface area contributed by atoms with Crippen LogP contribution in [0.3, 0.4) is 0 Å². The standard InChI is InChI=1S/C19H16ClN3O3/c1-13-10-18(22-12-21-13)23-15-4-8-17(9-5-15)26-19(24)11-25-16-6-2-14(20)3-7-16/h2-10,12H,11H2,1H3,(H,21,22,23). The van der Waals surface area contributed by atoms with Gasteiger partial charge in [0.1, 0.15) is 23.6 Å². The van der Waals surface area contributed by atoms with Crippen LogP contribution in [-0.4, -0.2) is 22.5 Å². The van der Waals surface area contributed by atoms with Crippen LogP contribution in [0.5, 0.6) is 11.5 Å². The molecular formula is C19H16ClN3O3. The highest BCUT2D eigenvalue weighted by Crippen LogP contribution is 2.19. The number of anilines is 2. The third-order valence-corrected chi connectivity index (χ3v) is 3.58. The van der Waals surface area contributed by atoms with Crippen LogP contribution in [0.15, 0.2) is 60.9 Å². The van der Waals surface area contributed by atoms with E-state index < -0.39 is 5.97 Å². The molecule has 0 unspecified atom stereocenters. The van der Waals surface area contributed by atoms with Crippen LogP contribution >= 0.6 is 11.6 Å². The summed E-state index contributed by atoms with van der Waals surface area (Å²) in [5.41, 5.74) is 1.69. The second-order valence-electron chi connectivity index (χ2n) is 5.41. The Morgan fingerprint density at radius 2 is 1.73 bits per heavy atom. The number of hydrogen-bond acceptors (Lipinski definition) is 6. The highest BCUT2D eigenvalue weighted by molar-refractivity contribution is 6.30. The summed E-state index contributed by atoms with van der Waals surface area (Å²) in [7, 11) is 0. The molecule has 6 nitrogen and oxygen atoms in total. The minimum atomic E-state index is -0.493. The molecule has 26 heavy (non-hydrogen) atoms. The molecule has 3 rings (SSSR count). The summed E-state index contributed by atoms with van der Waals surface area (Å²) in [5, 5.41) is 3.75. The summed E-state index contributed by atoms with van der Waals surface area (Å²) in [6.45, 7) is 1.70. The van der Waals surface area contributed by atoms with Crippen LogP contribution in [0.2, 0.25) is 5.02 Å². The molecule has 0 fully saturated rings. The van der Waals surface area contributed by atoms with E-state index >= 15 is 0 Å². The molecule has 1 N–H and O–H groups in total. The molecule has 0 saturated heterocycles. The number of rotatable bonds is 6. The summed E-state index contributed by atoms with van der Waals surface area (Å²) >= 11 is 5.79. The zero-order valence-electron chi connectivity index (χ0n) is 14.0. The third kappa shape index (κ3) is 5.19. The van der Waals surface area contributed by atoms with Gasteiger partial charge < -0.3 is 14.8 Å². The molecule has 0 aliphatic carbocycles. The minimum Gasteiger partial charge on any atom is -0.482 e. The van der Waals surface area contributed by atoms with Gasteiger partial charge >= 0.3 is 5.97 Å². The fourth-order valence-corrected chi connectivity index (χ4v) is 2.24. The predicted octanol–water partition coefficient (Wildman–Crippen LogP) is 4.17. The molecule has 132 valence electrons. The molecule has 0 saturated carbocycles. The Morgan fingerprint density at radius 3 is 2.42 bits per heavy atom. The number of carbonyl (C=O) groups excluding carboxylic acids is 1. The zero-order chi connectivity index (χ0) is 18.4. The van der Waals surface area contributed by atoms with Gasteiger partial charge in [-0.3, -0.25) is 0 Å².